The van der Waals surface area contributed by atoms with Crippen LogP contribution < -0.4 is 15.5 Å². The van der Waals surface area contributed by atoms with Gasteiger partial charge in [-0.3, -0.25) is 0 Å². The number of nitrogens with zero attached hydrogens (tertiary/aromatic N) is 5. The maximum Gasteiger partial charge on any atom is 0.417 e. The van der Waals surface area contributed by atoms with Gasteiger partial charge in [0.1, 0.15) is 28.8 Å². The number of piperidine rings is 1. The van der Waals surface area contributed by atoms with Gasteiger partial charge in [0.2, 0.25) is 5.95 Å². The van der Waals surface area contributed by atoms with E-state index in [9.17, 15) is 9.18 Å². The Kier molecular flexibility index (Phi) is 6.57. The van der Waals surface area contributed by atoms with Crippen molar-refractivity contribution in [3.05, 3.63) is 41.6 Å². The van der Waals surface area contributed by atoms with Gasteiger partial charge in [-0.15, -0.1) is 0 Å². The molecule has 1 fully saturated rings. The summed E-state index contributed by atoms with van der Waals surface area (Å²) in [7, 11) is 0. The summed E-state index contributed by atoms with van der Waals surface area (Å²) in [4.78, 5) is 32.2. The number of carbonyl (C=O) groups excluding carboxylic acids is 1. The van der Waals surface area contributed by atoms with Crippen LogP contribution in [0, 0.1) is 5.82 Å². The van der Waals surface area contributed by atoms with Gasteiger partial charge in [-0.25, -0.2) is 34.0 Å². The van der Waals surface area contributed by atoms with Crippen LogP contribution >= 0.6 is 11.6 Å². The molecule has 3 heterocycles. The Morgan fingerprint density at radius 2 is 2.00 bits per heavy atom. The van der Waals surface area contributed by atoms with Crippen LogP contribution in [0.4, 0.5) is 26.6 Å². The summed E-state index contributed by atoms with van der Waals surface area (Å²) in [6.07, 6.45) is 3.89. The number of fused-ring (bicyclic) bond motifs is 1. The van der Waals surface area contributed by atoms with Gasteiger partial charge in [-0.2, -0.15) is 0 Å². The zero-order valence-electron chi connectivity index (χ0n) is 18.6. The van der Waals surface area contributed by atoms with E-state index >= 15 is 0 Å². The molecule has 1 amide bonds. The zero-order valence-corrected chi connectivity index (χ0v) is 19.4. The lowest BCUT2D eigenvalue weighted by Gasteiger charge is -2.34. The molecule has 33 heavy (non-hydrogen) atoms. The molecule has 1 aromatic carbocycles. The minimum absolute atomic E-state index is 0.0179. The van der Waals surface area contributed by atoms with Gasteiger partial charge in [0, 0.05) is 11.7 Å². The molecule has 174 valence electrons. The van der Waals surface area contributed by atoms with E-state index in [1.54, 1.807) is 12.3 Å². The molecular formula is C22H25ClFN7O2. The highest BCUT2D eigenvalue weighted by Gasteiger charge is 2.33. The van der Waals surface area contributed by atoms with Crippen LogP contribution in [0.3, 0.4) is 0 Å². The van der Waals surface area contributed by atoms with Crippen molar-refractivity contribution in [2.75, 3.05) is 23.3 Å². The third-order valence-electron chi connectivity index (χ3n) is 5.03. The smallest absolute Gasteiger partial charge is 0.417 e. The van der Waals surface area contributed by atoms with Crippen LogP contribution in [0.2, 0.25) is 5.02 Å². The molecule has 1 aliphatic rings. The lowest BCUT2D eigenvalue weighted by Crippen LogP contribution is -2.48. The number of halogens is 2. The lowest BCUT2D eigenvalue weighted by molar-refractivity contribution is 0.0556. The van der Waals surface area contributed by atoms with E-state index in [1.165, 1.54) is 23.4 Å². The summed E-state index contributed by atoms with van der Waals surface area (Å²) in [6.45, 7) is 7.00. The van der Waals surface area contributed by atoms with E-state index in [4.69, 9.17) is 16.3 Å². The fourth-order valence-electron chi connectivity index (χ4n) is 3.53. The Bertz CT molecular complexity index is 1170. The van der Waals surface area contributed by atoms with Crippen LogP contribution in [0.1, 0.15) is 33.6 Å². The monoisotopic (exact) mass is 473 g/mol. The molecule has 2 N–H and O–H groups in total. The van der Waals surface area contributed by atoms with Crippen molar-refractivity contribution in [3.8, 4) is 0 Å². The Morgan fingerprint density at radius 1 is 1.24 bits per heavy atom. The predicted octanol–water partition coefficient (Wildman–Crippen LogP) is 4.45. The molecule has 0 saturated carbocycles. The highest BCUT2D eigenvalue weighted by molar-refractivity contribution is 6.31. The first kappa shape index (κ1) is 23.1. The predicted molar refractivity (Wildman–Crippen MR) is 124 cm³/mol. The molecule has 1 aliphatic heterocycles. The van der Waals surface area contributed by atoms with Crippen LogP contribution in [-0.2, 0) is 4.74 Å². The number of aromatic nitrogens is 4. The topological polar surface area (TPSA) is 105 Å². The number of hydrogen-bond donors (Lipinski definition) is 2. The minimum Gasteiger partial charge on any atom is -0.443 e. The molecule has 11 heteroatoms. The quantitative estimate of drug-likeness (QED) is 0.572. The summed E-state index contributed by atoms with van der Waals surface area (Å²) >= 11 is 5.90. The third-order valence-corrected chi connectivity index (χ3v) is 5.32. The van der Waals surface area contributed by atoms with Gasteiger partial charge >= 0.3 is 6.09 Å². The Hall–Kier alpha value is -3.11. The van der Waals surface area contributed by atoms with E-state index < -0.39 is 17.5 Å². The average Bonchev–Trinajstić information content (AvgIpc) is 2.76. The fraction of sp³-hybridized carbons (Fsp3) is 0.409. The van der Waals surface area contributed by atoms with Crippen LogP contribution in [-0.4, -0.2) is 50.8 Å². The molecule has 4 rings (SSSR count). The summed E-state index contributed by atoms with van der Waals surface area (Å²) < 4.78 is 19.2. The van der Waals surface area contributed by atoms with Gasteiger partial charge in [0.05, 0.1) is 11.2 Å². The van der Waals surface area contributed by atoms with Crippen molar-refractivity contribution in [2.24, 2.45) is 0 Å². The van der Waals surface area contributed by atoms with E-state index in [1.807, 2.05) is 20.8 Å². The number of amides is 1. The standard InChI is InChI=1S/C22H25ClFN7O2/c1-22(2,3)33-21(32)31(14-6-8-25-9-7-14)20-26-11-17-18(30-20)19(28-12-27-17)29-13-4-5-16(24)15(23)10-13/h4-5,10-12,14,25H,6-9H2,1-3H3,(H,27,28,29). The molecule has 2 aromatic heterocycles. The maximum absolute atomic E-state index is 13.5. The van der Waals surface area contributed by atoms with Gasteiger partial charge in [0.25, 0.3) is 0 Å². The number of anilines is 3. The van der Waals surface area contributed by atoms with Crippen molar-refractivity contribution >= 4 is 46.2 Å². The first-order chi connectivity index (χ1) is 15.7. The fourth-order valence-corrected chi connectivity index (χ4v) is 3.71. The van der Waals surface area contributed by atoms with Gasteiger partial charge < -0.3 is 15.4 Å². The molecule has 9 nitrogen and oxygen atoms in total. The maximum atomic E-state index is 13.5. The van der Waals surface area contributed by atoms with Crippen molar-refractivity contribution < 1.29 is 13.9 Å². The summed E-state index contributed by atoms with van der Waals surface area (Å²) in [5.41, 5.74) is 0.754. The second kappa shape index (κ2) is 9.40. The highest BCUT2D eigenvalue weighted by atomic mass is 35.5. The van der Waals surface area contributed by atoms with Gasteiger partial charge in [0.15, 0.2) is 5.82 Å². The van der Waals surface area contributed by atoms with Gasteiger partial charge in [-0.05, 0) is 64.9 Å². The number of nitrogens with one attached hydrogen (secondary N) is 2. The SMILES string of the molecule is CC(C)(C)OC(=O)N(c1ncc2ncnc(Nc3ccc(F)c(Cl)c3)c2n1)C1CCNCC1. The van der Waals surface area contributed by atoms with Crippen LogP contribution in [0.15, 0.2) is 30.7 Å². The number of hydrogen-bond acceptors (Lipinski definition) is 8. The number of carbonyl (C=O) groups is 1. The number of ether oxygens (including phenoxy) is 1. The second-order valence-corrected chi connectivity index (χ2v) is 9.12. The largest absolute Gasteiger partial charge is 0.443 e. The van der Waals surface area contributed by atoms with E-state index in [0.29, 0.717) is 22.5 Å². The molecule has 0 aliphatic carbocycles. The first-order valence-corrected chi connectivity index (χ1v) is 11.0. The van der Waals surface area contributed by atoms with E-state index in [-0.39, 0.29) is 17.0 Å². The minimum atomic E-state index is -0.670. The Labute approximate surface area is 195 Å². The molecule has 0 bridgehead atoms. The molecule has 0 spiro atoms. The number of rotatable bonds is 4. The molecular weight excluding hydrogens is 449 g/mol. The van der Waals surface area contributed by atoms with Crippen molar-refractivity contribution in [1.82, 2.24) is 25.3 Å². The first-order valence-electron chi connectivity index (χ1n) is 10.6. The van der Waals surface area contributed by atoms with E-state index in [2.05, 4.69) is 30.6 Å². The van der Waals surface area contributed by atoms with Gasteiger partial charge in [-0.1, -0.05) is 11.6 Å². The van der Waals surface area contributed by atoms with Crippen molar-refractivity contribution in [3.63, 3.8) is 0 Å². The normalized spacial score (nSPS) is 14.8. The molecule has 0 atom stereocenters. The third kappa shape index (κ3) is 5.45. The zero-order chi connectivity index (χ0) is 23.6. The molecule has 1 saturated heterocycles. The average molecular weight is 474 g/mol. The number of benzene rings is 1. The van der Waals surface area contributed by atoms with Crippen LogP contribution in [0.5, 0.6) is 0 Å². The summed E-state index contributed by atoms with van der Waals surface area (Å²) in [6, 6.07) is 4.14. The molecule has 3 aromatic rings. The second-order valence-electron chi connectivity index (χ2n) is 8.71. The Balaban J connectivity index is 1.73. The molecule has 0 unspecified atom stereocenters. The van der Waals surface area contributed by atoms with Crippen molar-refractivity contribution in [2.45, 2.75) is 45.3 Å². The highest BCUT2D eigenvalue weighted by Crippen LogP contribution is 2.27. The Morgan fingerprint density at radius 3 is 2.70 bits per heavy atom. The van der Waals surface area contributed by atoms with E-state index in [0.717, 1.165) is 25.9 Å². The summed E-state index contributed by atoms with van der Waals surface area (Å²) in [5, 5.41) is 6.37. The summed E-state index contributed by atoms with van der Waals surface area (Å²) in [5.74, 6) is 0.0637. The molecule has 0 radical (unpaired) electrons. The van der Waals surface area contributed by atoms with Crippen molar-refractivity contribution in [1.29, 1.82) is 0 Å². The van der Waals surface area contributed by atoms with Crippen LogP contribution in [0.25, 0.3) is 11.0 Å². The lowest BCUT2D eigenvalue weighted by atomic mass is 10.1.